The lowest BCUT2D eigenvalue weighted by Gasteiger charge is -2.25. The molecule has 0 aliphatic carbocycles. The van der Waals surface area contributed by atoms with E-state index in [1.165, 1.54) is 11.3 Å². The highest BCUT2D eigenvalue weighted by atomic mass is 32.2. The maximum atomic E-state index is 12.6. The average molecular weight is 359 g/mol. The first-order chi connectivity index (χ1) is 11.0. The van der Waals surface area contributed by atoms with Crippen molar-refractivity contribution in [3.05, 3.63) is 17.0 Å². The number of guanidine groups is 1. The molecule has 1 saturated heterocycles. The second kappa shape index (κ2) is 8.12. The van der Waals surface area contributed by atoms with Gasteiger partial charge in [0.2, 0.25) is 0 Å². The number of hydrogen-bond donors (Lipinski definition) is 1. The van der Waals surface area contributed by atoms with Crippen molar-refractivity contribution >= 4 is 27.3 Å². The highest BCUT2D eigenvalue weighted by Gasteiger charge is 2.27. The Morgan fingerprint density at radius 1 is 1.26 bits per heavy atom. The zero-order valence-electron chi connectivity index (χ0n) is 13.9. The van der Waals surface area contributed by atoms with Crippen LogP contribution in [0.15, 0.2) is 21.3 Å². The summed E-state index contributed by atoms with van der Waals surface area (Å²) in [5.41, 5.74) is 5.95. The van der Waals surface area contributed by atoms with Crippen molar-refractivity contribution in [2.45, 2.75) is 43.9 Å². The minimum Gasteiger partial charge on any atom is -0.370 e. The van der Waals surface area contributed by atoms with Crippen LogP contribution in [0.5, 0.6) is 0 Å². The highest BCUT2D eigenvalue weighted by Crippen LogP contribution is 2.27. The minimum atomic E-state index is -3.34. The van der Waals surface area contributed by atoms with Gasteiger partial charge in [-0.25, -0.2) is 13.4 Å². The van der Waals surface area contributed by atoms with Gasteiger partial charge < -0.3 is 10.6 Å². The molecule has 2 rings (SSSR count). The molecule has 1 aromatic rings. The van der Waals surface area contributed by atoms with E-state index in [1.54, 1.807) is 10.4 Å². The molecule has 0 radical (unpaired) electrons. The summed E-state index contributed by atoms with van der Waals surface area (Å²) in [5, 5.41) is 0. The number of hydrogen-bond acceptors (Lipinski definition) is 4. The molecule has 0 amide bonds. The van der Waals surface area contributed by atoms with Crippen LogP contribution in [0.3, 0.4) is 0 Å². The predicted octanol–water partition coefficient (Wildman–Crippen LogP) is 2.08. The van der Waals surface area contributed by atoms with Crippen molar-refractivity contribution in [2.75, 3.05) is 26.2 Å². The first kappa shape index (κ1) is 18.2. The summed E-state index contributed by atoms with van der Waals surface area (Å²) in [4.78, 5) is 7.25. The molecule has 130 valence electrons. The van der Waals surface area contributed by atoms with Gasteiger partial charge in [-0.3, -0.25) is 0 Å². The van der Waals surface area contributed by atoms with Crippen molar-refractivity contribution in [1.29, 1.82) is 0 Å². The fraction of sp³-hybridized carbons (Fsp3) is 0.667. The lowest BCUT2D eigenvalue weighted by Crippen LogP contribution is -2.36. The van der Waals surface area contributed by atoms with Crippen LogP contribution in [-0.4, -0.2) is 49.8 Å². The molecule has 0 unspecified atom stereocenters. The fourth-order valence-corrected chi connectivity index (χ4v) is 5.57. The number of rotatable bonds is 6. The van der Waals surface area contributed by atoms with Crippen LogP contribution in [0.1, 0.15) is 38.0 Å². The van der Waals surface area contributed by atoms with E-state index >= 15 is 0 Å². The van der Waals surface area contributed by atoms with E-state index in [4.69, 9.17) is 5.73 Å². The smallest absolute Gasteiger partial charge is 0.252 e. The van der Waals surface area contributed by atoms with Gasteiger partial charge >= 0.3 is 0 Å². The van der Waals surface area contributed by atoms with E-state index in [0.717, 1.165) is 37.2 Å². The lowest BCUT2D eigenvalue weighted by atomic mass is 10.2. The number of nitrogens with two attached hydrogens (primary N) is 1. The Balaban J connectivity index is 2.07. The monoisotopic (exact) mass is 358 g/mol. The summed E-state index contributed by atoms with van der Waals surface area (Å²) in [7, 11) is -3.34. The Kier molecular flexibility index (Phi) is 6.43. The van der Waals surface area contributed by atoms with Crippen LogP contribution in [0.2, 0.25) is 0 Å². The maximum Gasteiger partial charge on any atom is 0.252 e. The first-order valence-electron chi connectivity index (χ1n) is 8.12. The van der Waals surface area contributed by atoms with E-state index in [9.17, 15) is 8.42 Å². The van der Waals surface area contributed by atoms with Crippen LogP contribution in [-0.2, 0) is 16.6 Å². The summed E-state index contributed by atoms with van der Waals surface area (Å²) >= 11 is 1.29. The van der Waals surface area contributed by atoms with Gasteiger partial charge in [0.1, 0.15) is 4.21 Å². The van der Waals surface area contributed by atoms with Gasteiger partial charge in [-0.15, -0.1) is 11.3 Å². The van der Waals surface area contributed by atoms with E-state index in [-0.39, 0.29) is 0 Å². The molecule has 2 N–H and O–H groups in total. The normalized spacial score (nSPS) is 17.4. The maximum absolute atomic E-state index is 12.6. The third-order valence-corrected chi connectivity index (χ3v) is 7.47. The molecule has 23 heavy (non-hydrogen) atoms. The first-order valence-corrected chi connectivity index (χ1v) is 10.4. The van der Waals surface area contributed by atoms with Crippen molar-refractivity contribution in [3.8, 4) is 0 Å². The molecule has 1 aliphatic heterocycles. The molecule has 8 heteroatoms. The molecule has 1 fully saturated rings. The van der Waals surface area contributed by atoms with Crippen LogP contribution in [0.4, 0.5) is 0 Å². The predicted molar refractivity (Wildman–Crippen MR) is 95.2 cm³/mol. The Labute approximate surface area is 143 Å². The molecule has 0 saturated carbocycles. The molecule has 0 bridgehead atoms. The standard InChI is InChI=1S/C15H26N4O2S2/c1-3-18(4-2)15(16)17-12-13-8-9-14(22-13)23(20,21)19-10-6-5-7-11-19/h8-9H,3-7,10-12H2,1-2H3,(H2,16,17). The van der Waals surface area contributed by atoms with Crippen molar-refractivity contribution in [2.24, 2.45) is 10.7 Å². The van der Waals surface area contributed by atoms with Crippen LogP contribution in [0, 0.1) is 0 Å². The number of nitrogens with zero attached hydrogens (tertiary/aromatic N) is 3. The number of sulfonamides is 1. The largest absolute Gasteiger partial charge is 0.370 e. The quantitative estimate of drug-likeness (QED) is 0.624. The molecule has 1 aromatic heterocycles. The van der Waals surface area contributed by atoms with Gasteiger partial charge in [-0.05, 0) is 38.8 Å². The molecule has 0 aromatic carbocycles. The second-order valence-corrected chi connectivity index (χ2v) is 8.87. The third kappa shape index (κ3) is 4.45. The SMILES string of the molecule is CCN(CC)C(N)=NCc1ccc(S(=O)(=O)N2CCCCC2)s1. The summed E-state index contributed by atoms with van der Waals surface area (Å²) < 4.78 is 27.2. The minimum absolute atomic E-state index is 0.408. The summed E-state index contributed by atoms with van der Waals surface area (Å²) in [5.74, 6) is 0.504. The molecular formula is C15H26N4O2S2. The second-order valence-electron chi connectivity index (χ2n) is 5.53. The molecular weight excluding hydrogens is 332 g/mol. The Morgan fingerprint density at radius 2 is 1.91 bits per heavy atom. The number of aliphatic imine (C=N–C) groups is 1. The number of thiophene rings is 1. The average Bonchev–Trinajstić information content (AvgIpc) is 3.04. The molecule has 0 spiro atoms. The third-order valence-electron chi connectivity index (χ3n) is 4.03. The van der Waals surface area contributed by atoms with Gasteiger partial charge in [0.25, 0.3) is 10.0 Å². The van der Waals surface area contributed by atoms with Gasteiger partial charge in [0, 0.05) is 31.1 Å². The van der Waals surface area contributed by atoms with E-state index < -0.39 is 10.0 Å². The van der Waals surface area contributed by atoms with E-state index in [0.29, 0.717) is 29.8 Å². The topological polar surface area (TPSA) is 79.0 Å². The lowest BCUT2D eigenvalue weighted by molar-refractivity contribution is 0.347. The van der Waals surface area contributed by atoms with Crippen molar-refractivity contribution in [1.82, 2.24) is 9.21 Å². The Morgan fingerprint density at radius 3 is 2.52 bits per heavy atom. The summed E-state index contributed by atoms with van der Waals surface area (Å²) in [6.45, 7) is 7.35. The molecule has 6 nitrogen and oxygen atoms in total. The van der Waals surface area contributed by atoms with Crippen LogP contribution < -0.4 is 5.73 Å². The van der Waals surface area contributed by atoms with E-state index in [1.807, 2.05) is 24.8 Å². The fourth-order valence-electron chi connectivity index (χ4n) is 2.62. The Bertz CT molecular complexity index is 630. The number of piperidine rings is 1. The van der Waals surface area contributed by atoms with Gasteiger partial charge in [-0.2, -0.15) is 4.31 Å². The molecule has 1 aliphatic rings. The Hall–Kier alpha value is -1.12. The van der Waals surface area contributed by atoms with Gasteiger partial charge in [-0.1, -0.05) is 6.42 Å². The zero-order valence-corrected chi connectivity index (χ0v) is 15.5. The van der Waals surface area contributed by atoms with Gasteiger partial charge in [0.15, 0.2) is 5.96 Å². The summed E-state index contributed by atoms with van der Waals surface area (Å²) in [6.07, 6.45) is 3.01. The van der Waals surface area contributed by atoms with Crippen LogP contribution in [0.25, 0.3) is 0 Å². The van der Waals surface area contributed by atoms with E-state index in [2.05, 4.69) is 4.99 Å². The molecule has 2 heterocycles. The molecule has 0 atom stereocenters. The summed E-state index contributed by atoms with van der Waals surface area (Å²) in [6, 6.07) is 3.52. The van der Waals surface area contributed by atoms with Crippen molar-refractivity contribution in [3.63, 3.8) is 0 Å². The van der Waals surface area contributed by atoms with Crippen molar-refractivity contribution < 1.29 is 8.42 Å². The highest BCUT2D eigenvalue weighted by molar-refractivity contribution is 7.91. The zero-order chi connectivity index (χ0) is 16.9. The van der Waals surface area contributed by atoms with Gasteiger partial charge in [0.05, 0.1) is 6.54 Å². The van der Waals surface area contributed by atoms with Crippen LogP contribution >= 0.6 is 11.3 Å².